The van der Waals surface area contributed by atoms with Crippen LogP contribution in [0.15, 0.2) is 53.2 Å². The summed E-state index contributed by atoms with van der Waals surface area (Å²) in [5.74, 6) is 0. The predicted octanol–water partition coefficient (Wildman–Crippen LogP) is 2.88. The maximum atomic E-state index is 5.84. The summed E-state index contributed by atoms with van der Waals surface area (Å²) >= 11 is 0. The van der Waals surface area contributed by atoms with Gasteiger partial charge in [0.05, 0.1) is 11.8 Å². The summed E-state index contributed by atoms with van der Waals surface area (Å²) in [5, 5.41) is 4.29. The fourth-order valence-corrected chi connectivity index (χ4v) is 2.66. The van der Waals surface area contributed by atoms with E-state index in [4.69, 9.17) is 4.42 Å². The molecule has 20 heavy (non-hydrogen) atoms. The van der Waals surface area contributed by atoms with Crippen LogP contribution in [0.5, 0.6) is 0 Å². The van der Waals surface area contributed by atoms with Crippen LogP contribution in [0.2, 0.25) is 0 Å². The second-order valence-corrected chi connectivity index (χ2v) is 5.01. The van der Waals surface area contributed by atoms with Crippen LogP contribution in [-0.4, -0.2) is 9.61 Å². The largest absolute Gasteiger partial charge is 0.437 e. The lowest BCUT2D eigenvalue weighted by Crippen LogP contribution is -2.30. The highest BCUT2D eigenvalue weighted by Gasteiger charge is 2.15. The Labute approximate surface area is 115 Å². The van der Waals surface area contributed by atoms with Gasteiger partial charge in [-0.2, -0.15) is 9.61 Å². The minimum atomic E-state index is 0.772. The Morgan fingerprint density at radius 3 is 2.95 bits per heavy atom. The van der Waals surface area contributed by atoms with E-state index in [0.717, 1.165) is 16.8 Å². The Morgan fingerprint density at radius 2 is 2.10 bits per heavy atom. The van der Waals surface area contributed by atoms with Crippen molar-refractivity contribution in [2.45, 2.75) is 6.92 Å². The Bertz CT molecular complexity index is 933. The van der Waals surface area contributed by atoms with E-state index >= 15 is 0 Å². The van der Waals surface area contributed by atoms with E-state index in [-0.39, 0.29) is 0 Å². The molecule has 4 heteroatoms. The molecule has 4 aromatic rings. The first kappa shape index (κ1) is 11.2. The molecule has 0 bridgehead atoms. The van der Waals surface area contributed by atoms with Gasteiger partial charge in [0.15, 0.2) is 11.8 Å². The number of rotatable bonds is 1. The number of hydrogen-bond donors (Lipinski definition) is 0. The molecule has 0 radical (unpaired) electrons. The number of fused-ring (bicyclic) bond motifs is 3. The van der Waals surface area contributed by atoms with Crippen molar-refractivity contribution >= 4 is 16.8 Å². The monoisotopic (exact) mass is 264 g/mol. The first-order chi connectivity index (χ1) is 9.74. The predicted molar refractivity (Wildman–Crippen MR) is 76.3 cm³/mol. The molecular weight excluding hydrogens is 250 g/mol. The minimum Gasteiger partial charge on any atom is -0.437 e. The van der Waals surface area contributed by atoms with Crippen LogP contribution in [0.25, 0.3) is 28.1 Å². The van der Waals surface area contributed by atoms with E-state index in [2.05, 4.69) is 34.8 Å². The highest BCUT2D eigenvalue weighted by Crippen LogP contribution is 2.28. The molecule has 4 rings (SSSR count). The third-order valence-electron chi connectivity index (χ3n) is 3.69. The van der Waals surface area contributed by atoms with Crippen molar-refractivity contribution in [3.05, 3.63) is 54.4 Å². The fraction of sp³-hybridized carbons (Fsp3) is 0.125. The van der Waals surface area contributed by atoms with E-state index in [1.54, 1.807) is 6.20 Å². The number of aromatic nitrogens is 3. The van der Waals surface area contributed by atoms with Crippen LogP contribution in [-0.2, 0) is 7.05 Å². The summed E-state index contributed by atoms with van der Waals surface area (Å²) in [7, 11) is 2.05. The standard InChI is InChI=1S/C16H14N3O/c1-11-9-14-15(20-16-6-7-17-19(14)16)10-12(11)13-5-3-4-8-18(13)2/h3-10H,1-2H3/q+1. The van der Waals surface area contributed by atoms with Crippen molar-refractivity contribution in [3.63, 3.8) is 0 Å². The Morgan fingerprint density at radius 1 is 1.20 bits per heavy atom. The molecule has 3 heterocycles. The lowest BCUT2D eigenvalue weighted by molar-refractivity contribution is -0.660. The zero-order chi connectivity index (χ0) is 13.7. The SMILES string of the molecule is Cc1cc2c(cc1-c1cccc[n+]1C)oc1ccnn12. The molecule has 0 aliphatic rings. The summed E-state index contributed by atoms with van der Waals surface area (Å²) in [6.45, 7) is 2.12. The first-order valence-electron chi connectivity index (χ1n) is 6.56. The van der Waals surface area contributed by atoms with Gasteiger partial charge < -0.3 is 4.42 Å². The van der Waals surface area contributed by atoms with E-state index in [9.17, 15) is 0 Å². The van der Waals surface area contributed by atoms with Crippen molar-refractivity contribution in [2.75, 3.05) is 0 Å². The van der Waals surface area contributed by atoms with Crippen LogP contribution in [0, 0.1) is 6.92 Å². The molecule has 0 aliphatic heterocycles. The number of nitrogens with zero attached hydrogens (tertiary/aromatic N) is 3. The molecule has 4 nitrogen and oxygen atoms in total. The van der Waals surface area contributed by atoms with Gasteiger partial charge >= 0.3 is 0 Å². The van der Waals surface area contributed by atoms with Crippen LogP contribution >= 0.6 is 0 Å². The second kappa shape index (κ2) is 3.93. The van der Waals surface area contributed by atoms with Gasteiger partial charge in [0, 0.05) is 18.2 Å². The molecule has 0 aliphatic carbocycles. The van der Waals surface area contributed by atoms with Gasteiger partial charge in [0.1, 0.15) is 12.6 Å². The molecule has 0 unspecified atom stereocenters. The molecule has 0 atom stereocenters. The molecule has 3 aromatic heterocycles. The number of aryl methyl sites for hydroxylation is 2. The van der Waals surface area contributed by atoms with Gasteiger partial charge in [0.2, 0.25) is 11.4 Å². The molecule has 0 saturated heterocycles. The number of oxazole rings is 1. The normalized spacial score (nSPS) is 11.5. The molecule has 0 fully saturated rings. The van der Waals surface area contributed by atoms with E-state index < -0.39 is 0 Å². The summed E-state index contributed by atoms with van der Waals surface area (Å²) in [4.78, 5) is 0. The Balaban J connectivity index is 2.05. The van der Waals surface area contributed by atoms with Gasteiger partial charge in [-0.25, -0.2) is 4.57 Å². The zero-order valence-electron chi connectivity index (χ0n) is 11.4. The average Bonchev–Trinajstić information content (AvgIpc) is 3.00. The highest BCUT2D eigenvalue weighted by molar-refractivity contribution is 5.83. The minimum absolute atomic E-state index is 0.772. The van der Waals surface area contributed by atoms with Crippen molar-refractivity contribution in [1.29, 1.82) is 0 Å². The highest BCUT2D eigenvalue weighted by atomic mass is 16.3. The molecule has 0 N–H and O–H groups in total. The van der Waals surface area contributed by atoms with Crippen molar-refractivity contribution in [3.8, 4) is 11.3 Å². The molecular formula is C16H14N3O+. The van der Waals surface area contributed by atoms with Gasteiger partial charge in [-0.3, -0.25) is 0 Å². The van der Waals surface area contributed by atoms with E-state index in [1.807, 2.05) is 36.0 Å². The van der Waals surface area contributed by atoms with Crippen LogP contribution in [0.3, 0.4) is 0 Å². The maximum Gasteiger partial charge on any atom is 0.222 e. The molecule has 0 spiro atoms. The average molecular weight is 264 g/mol. The fourth-order valence-electron chi connectivity index (χ4n) is 2.66. The third-order valence-corrected chi connectivity index (χ3v) is 3.69. The molecule has 0 saturated carbocycles. The van der Waals surface area contributed by atoms with Crippen LogP contribution in [0.4, 0.5) is 0 Å². The maximum absolute atomic E-state index is 5.84. The smallest absolute Gasteiger partial charge is 0.222 e. The number of pyridine rings is 1. The topological polar surface area (TPSA) is 34.3 Å². The summed E-state index contributed by atoms with van der Waals surface area (Å²) in [6.07, 6.45) is 3.80. The third kappa shape index (κ3) is 1.48. The van der Waals surface area contributed by atoms with E-state index in [0.29, 0.717) is 0 Å². The quantitative estimate of drug-likeness (QED) is 0.495. The Hall–Kier alpha value is -2.62. The van der Waals surface area contributed by atoms with Crippen molar-refractivity contribution in [1.82, 2.24) is 9.61 Å². The van der Waals surface area contributed by atoms with Crippen molar-refractivity contribution < 1.29 is 8.98 Å². The summed E-state index contributed by atoms with van der Waals surface area (Å²) in [5.41, 5.74) is 6.19. The van der Waals surface area contributed by atoms with Crippen LogP contribution < -0.4 is 4.57 Å². The lowest BCUT2D eigenvalue weighted by atomic mass is 10.0. The van der Waals surface area contributed by atoms with Crippen LogP contribution in [0.1, 0.15) is 5.56 Å². The summed E-state index contributed by atoms with van der Waals surface area (Å²) in [6, 6.07) is 12.3. The summed E-state index contributed by atoms with van der Waals surface area (Å²) < 4.78 is 9.78. The Kier molecular flexibility index (Phi) is 2.21. The van der Waals surface area contributed by atoms with Gasteiger partial charge in [-0.15, -0.1) is 0 Å². The van der Waals surface area contributed by atoms with E-state index in [1.165, 1.54) is 16.8 Å². The van der Waals surface area contributed by atoms with Gasteiger partial charge in [-0.1, -0.05) is 0 Å². The van der Waals surface area contributed by atoms with Crippen molar-refractivity contribution in [2.24, 2.45) is 7.05 Å². The van der Waals surface area contributed by atoms with Gasteiger partial charge in [0.25, 0.3) is 0 Å². The van der Waals surface area contributed by atoms with Gasteiger partial charge in [-0.05, 0) is 30.7 Å². The first-order valence-corrected chi connectivity index (χ1v) is 6.56. The number of hydrogen-bond acceptors (Lipinski definition) is 2. The zero-order valence-corrected chi connectivity index (χ0v) is 11.4. The molecule has 0 amide bonds. The lowest BCUT2D eigenvalue weighted by Gasteiger charge is -2.04. The molecule has 98 valence electrons. The second-order valence-electron chi connectivity index (χ2n) is 5.01. The molecule has 1 aromatic carbocycles. The number of benzene rings is 1.